The van der Waals surface area contributed by atoms with Gasteiger partial charge in [0.1, 0.15) is 11.6 Å². The number of carboxylic acid groups (broad SMARTS) is 1. The number of aliphatic carboxylic acids is 1. The van der Waals surface area contributed by atoms with Gasteiger partial charge in [0.15, 0.2) is 0 Å². The molecule has 0 saturated heterocycles. The first-order valence-corrected chi connectivity index (χ1v) is 6.61. The molecule has 0 aromatic carbocycles. The number of nitrogens with zero attached hydrogens (tertiary/aromatic N) is 5. The zero-order valence-electron chi connectivity index (χ0n) is 10.6. The summed E-state index contributed by atoms with van der Waals surface area (Å²) >= 11 is 1.30. The Morgan fingerprint density at radius 3 is 2.90 bits per heavy atom. The van der Waals surface area contributed by atoms with Gasteiger partial charge in [-0.2, -0.15) is 0 Å². The Morgan fingerprint density at radius 1 is 1.45 bits per heavy atom. The minimum Gasteiger partial charge on any atom is -0.481 e. The maximum Gasteiger partial charge on any atom is 0.309 e. The van der Waals surface area contributed by atoms with Gasteiger partial charge in [-0.15, -0.1) is 15.3 Å². The SMILES string of the molecule is CCc1nnc(NC(=O)Cn2nncc2CC(=O)O)s1. The summed E-state index contributed by atoms with van der Waals surface area (Å²) < 4.78 is 1.24. The fourth-order valence-corrected chi connectivity index (χ4v) is 2.14. The molecule has 0 bridgehead atoms. The van der Waals surface area contributed by atoms with E-state index in [1.165, 1.54) is 22.2 Å². The zero-order chi connectivity index (χ0) is 14.5. The number of anilines is 1. The lowest BCUT2D eigenvalue weighted by molar-refractivity contribution is -0.136. The predicted molar refractivity (Wildman–Crippen MR) is 69.3 cm³/mol. The second-order valence-corrected chi connectivity index (χ2v) is 4.92. The van der Waals surface area contributed by atoms with Gasteiger partial charge < -0.3 is 5.11 Å². The van der Waals surface area contributed by atoms with Gasteiger partial charge >= 0.3 is 5.97 Å². The number of carboxylic acids is 1. The Kier molecular flexibility index (Phi) is 4.35. The van der Waals surface area contributed by atoms with Crippen LogP contribution < -0.4 is 5.32 Å². The van der Waals surface area contributed by atoms with Crippen LogP contribution in [0, 0.1) is 0 Å². The molecular weight excluding hydrogens is 284 g/mol. The highest BCUT2D eigenvalue weighted by molar-refractivity contribution is 7.15. The number of aryl methyl sites for hydroxylation is 1. The van der Waals surface area contributed by atoms with E-state index in [0.717, 1.165) is 11.4 Å². The molecule has 2 aromatic heterocycles. The van der Waals surface area contributed by atoms with Crippen molar-refractivity contribution in [2.75, 3.05) is 5.32 Å². The Hall–Kier alpha value is -2.36. The molecular formula is C10H12N6O3S. The van der Waals surface area contributed by atoms with Crippen LogP contribution in [0.3, 0.4) is 0 Å². The predicted octanol–water partition coefficient (Wildman–Crippen LogP) is -0.0422. The summed E-state index contributed by atoms with van der Waals surface area (Å²) in [5, 5.41) is 27.5. The highest BCUT2D eigenvalue weighted by Crippen LogP contribution is 2.15. The van der Waals surface area contributed by atoms with E-state index in [4.69, 9.17) is 5.11 Å². The van der Waals surface area contributed by atoms with Crippen molar-refractivity contribution < 1.29 is 14.7 Å². The zero-order valence-corrected chi connectivity index (χ0v) is 11.4. The lowest BCUT2D eigenvalue weighted by Gasteiger charge is -2.03. The third-order valence-electron chi connectivity index (χ3n) is 2.34. The van der Waals surface area contributed by atoms with Crippen molar-refractivity contribution in [2.45, 2.75) is 26.3 Å². The smallest absolute Gasteiger partial charge is 0.309 e. The van der Waals surface area contributed by atoms with Crippen molar-refractivity contribution in [3.8, 4) is 0 Å². The van der Waals surface area contributed by atoms with Gasteiger partial charge in [0.2, 0.25) is 11.0 Å². The number of hydrogen-bond acceptors (Lipinski definition) is 7. The van der Waals surface area contributed by atoms with E-state index < -0.39 is 5.97 Å². The van der Waals surface area contributed by atoms with E-state index in [0.29, 0.717) is 10.8 Å². The molecule has 0 aliphatic rings. The van der Waals surface area contributed by atoms with E-state index in [1.54, 1.807) is 0 Å². The van der Waals surface area contributed by atoms with Crippen molar-refractivity contribution in [3.63, 3.8) is 0 Å². The highest BCUT2D eigenvalue weighted by atomic mass is 32.1. The van der Waals surface area contributed by atoms with Crippen LogP contribution in [0.1, 0.15) is 17.6 Å². The molecule has 2 N–H and O–H groups in total. The van der Waals surface area contributed by atoms with Gasteiger partial charge in [-0.3, -0.25) is 14.9 Å². The number of amides is 1. The van der Waals surface area contributed by atoms with Crippen LogP contribution in [0.2, 0.25) is 0 Å². The van der Waals surface area contributed by atoms with Crippen LogP contribution in [-0.4, -0.2) is 42.2 Å². The molecule has 1 amide bonds. The molecule has 0 saturated carbocycles. The van der Waals surface area contributed by atoms with Crippen LogP contribution in [0.5, 0.6) is 0 Å². The lowest BCUT2D eigenvalue weighted by atomic mass is 10.3. The summed E-state index contributed by atoms with van der Waals surface area (Å²) in [7, 11) is 0. The van der Waals surface area contributed by atoms with E-state index in [2.05, 4.69) is 25.8 Å². The maximum atomic E-state index is 11.8. The molecule has 0 radical (unpaired) electrons. The normalized spacial score (nSPS) is 10.4. The Labute approximate surface area is 117 Å². The average Bonchev–Trinajstić information content (AvgIpc) is 2.99. The molecule has 2 rings (SSSR count). The summed E-state index contributed by atoms with van der Waals surface area (Å²) in [5.41, 5.74) is 0.360. The van der Waals surface area contributed by atoms with E-state index in [-0.39, 0.29) is 18.9 Å². The van der Waals surface area contributed by atoms with Crippen LogP contribution >= 0.6 is 11.3 Å². The topological polar surface area (TPSA) is 123 Å². The highest BCUT2D eigenvalue weighted by Gasteiger charge is 2.13. The fourth-order valence-electron chi connectivity index (χ4n) is 1.45. The number of carbonyl (C=O) groups is 2. The number of carbonyl (C=O) groups excluding carboxylic acids is 1. The molecule has 10 heteroatoms. The maximum absolute atomic E-state index is 11.8. The molecule has 2 aromatic rings. The molecule has 0 unspecified atom stereocenters. The first-order valence-electron chi connectivity index (χ1n) is 5.80. The first kappa shape index (κ1) is 14.1. The van der Waals surface area contributed by atoms with E-state index >= 15 is 0 Å². The fraction of sp³-hybridized carbons (Fsp3) is 0.400. The third kappa shape index (κ3) is 3.57. The first-order chi connectivity index (χ1) is 9.58. The summed E-state index contributed by atoms with van der Waals surface area (Å²) in [6.45, 7) is 1.82. The van der Waals surface area contributed by atoms with Gasteiger partial charge in [-0.05, 0) is 6.42 Å². The van der Waals surface area contributed by atoms with Crippen LogP contribution in [-0.2, 0) is 29.0 Å². The minimum atomic E-state index is -1.01. The van der Waals surface area contributed by atoms with Gasteiger partial charge in [0, 0.05) is 0 Å². The number of nitrogens with one attached hydrogen (secondary N) is 1. The van der Waals surface area contributed by atoms with E-state index in [1.807, 2.05) is 6.92 Å². The molecule has 0 atom stereocenters. The number of aromatic nitrogens is 5. The Bertz CT molecular complexity index is 622. The largest absolute Gasteiger partial charge is 0.481 e. The van der Waals surface area contributed by atoms with Gasteiger partial charge in [-0.1, -0.05) is 23.5 Å². The standard InChI is InChI=1S/C10H12N6O3S/c1-2-8-13-14-10(20-8)12-7(17)5-16-6(3-9(18)19)4-11-15-16/h4H,2-3,5H2,1H3,(H,18,19)(H,12,14,17). The van der Waals surface area contributed by atoms with Crippen LogP contribution in [0.25, 0.3) is 0 Å². The minimum absolute atomic E-state index is 0.121. The summed E-state index contributed by atoms with van der Waals surface area (Å²) in [6.07, 6.45) is 1.83. The molecule has 0 spiro atoms. The van der Waals surface area contributed by atoms with Crippen molar-refractivity contribution in [2.24, 2.45) is 0 Å². The molecule has 0 aliphatic carbocycles. The van der Waals surface area contributed by atoms with Gasteiger partial charge in [0.25, 0.3) is 0 Å². The molecule has 2 heterocycles. The summed E-state index contributed by atoms with van der Waals surface area (Å²) in [4.78, 5) is 22.5. The Morgan fingerprint density at radius 2 is 2.25 bits per heavy atom. The monoisotopic (exact) mass is 296 g/mol. The van der Waals surface area contributed by atoms with Crippen molar-refractivity contribution in [1.82, 2.24) is 25.2 Å². The average molecular weight is 296 g/mol. The second kappa shape index (κ2) is 6.19. The third-order valence-corrected chi connectivity index (χ3v) is 3.32. The summed E-state index contributed by atoms with van der Waals surface area (Å²) in [6, 6.07) is 0. The van der Waals surface area contributed by atoms with Gasteiger partial charge in [-0.25, -0.2) is 4.68 Å². The quantitative estimate of drug-likeness (QED) is 0.766. The molecule has 0 fully saturated rings. The van der Waals surface area contributed by atoms with Crippen molar-refractivity contribution >= 4 is 28.3 Å². The molecule has 20 heavy (non-hydrogen) atoms. The van der Waals surface area contributed by atoms with Crippen molar-refractivity contribution in [1.29, 1.82) is 0 Å². The van der Waals surface area contributed by atoms with Crippen LogP contribution in [0.15, 0.2) is 6.20 Å². The summed E-state index contributed by atoms with van der Waals surface area (Å²) in [5.74, 6) is -1.37. The lowest BCUT2D eigenvalue weighted by Crippen LogP contribution is -2.21. The molecule has 0 aliphatic heterocycles. The van der Waals surface area contributed by atoms with Crippen molar-refractivity contribution in [3.05, 3.63) is 16.9 Å². The van der Waals surface area contributed by atoms with Gasteiger partial charge in [0.05, 0.1) is 18.3 Å². The molecule has 9 nitrogen and oxygen atoms in total. The Balaban J connectivity index is 1.97. The van der Waals surface area contributed by atoms with E-state index in [9.17, 15) is 9.59 Å². The molecule has 106 valence electrons. The number of rotatable bonds is 6. The second-order valence-electron chi connectivity index (χ2n) is 3.86. The van der Waals surface area contributed by atoms with Crippen LogP contribution in [0.4, 0.5) is 5.13 Å². The number of hydrogen-bond donors (Lipinski definition) is 2.